The van der Waals surface area contributed by atoms with E-state index >= 15 is 0 Å². The molecular formula is C13H20N2O4S. The molecule has 0 aromatic carbocycles. The zero-order chi connectivity index (χ0) is 15.0. The second-order valence-electron chi connectivity index (χ2n) is 5.31. The SMILES string of the molecule is CCC1(CC)NC(=O)CCN(C2C=CS(=O)(=O)C2)C1=O. The van der Waals surface area contributed by atoms with Crippen LogP contribution in [-0.2, 0) is 19.4 Å². The Kier molecular flexibility index (Phi) is 3.90. The molecule has 2 aliphatic heterocycles. The third kappa shape index (κ3) is 2.59. The van der Waals surface area contributed by atoms with Crippen molar-refractivity contribution in [2.45, 2.75) is 44.7 Å². The minimum absolute atomic E-state index is 0.0869. The summed E-state index contributed by atoms with van der Waals surface area (Å²) in [6, 6.07) is -0.460. The van der Waals surface area contributed by atoms with Gasteiger partial charge in [-0.3, -0.25) is 9.59 Å². The first kappa shape index (κ1) is 15.0. The number of amides is 2. The fraction of sp³-hybridized carbons (Fsp3) is 0.692. The minimum atomic E-state index is -3.22. The summed E-state index contributed by atoms with van der Waals surface area (Å²) in [6.45, 7) is 3.97. The van der Waals surface area contributed by atoms with E-state index in [9.17, 15) is 18.0 Å². The number of hydrogen-bond donors (Lipinski definition) is 1. The van der Waals surface area contributed by atoms with Crippen molar-refractivity contribution in [3.05, 3.63) is 11.5 Å². The lowest BCUT2D eigenvalue weighted by atomic mass is 9.91. The topological polar surface area (TPSA) is 83.6 Å². The van der Waals surface area contributed by atoms with E-state index in [4.69, 9.17) is 0 Å². The van der Waals surface area contributed by atoms with Crippen LogP contribution in [0, 0.1) is 0 Å². The Labute approximate surface area is 119 Å². The standard InChI is InChI=1S/C13H20N2O4S/c1-3-13(4-2)12(17)15(7-5-11(16)14-13)10-6-8-20(18,19)9-10/h6,8,10H,3-5,7,9H2,1-2H3,(H,14,16). The second-order valence-corrected chi connectivity index (χ2v) is 7.24. The van der Waals surface area contributed by atoms with Gasteiger partial charge in [-0.2, -0.15) is 0 Å². The van der Waals surface area contributed by atoms with Crippen LogP contribution in [0.3, 0.4) is 0 Å². The molecule has 0 bridgehead atoms. The summed E-state index contributed by atoms with van der Waals surface area (Å²) in [4.78, 5) is 26.1. The van der Waals surface area contributed by atoms with E-state index in [-0.39, 0.29) is 30.5 Å². The molecule has 112 valence electrons. The average molecular weight is 300 g/mol. The number of sulfone groups is 1. The van der Waals surface area contributed by atoms with Gasteiger partial charge in [0.15, 0.2) is 9.84 Å². The van der Waals surface area contributed by atoms with Gasteiger partial charge in [0.1, 0.15) is 5.54 Å². The highest BCUT2D eigenvalue weighted by Crippen LogP contribution is 2.25. The lowest BCUT2D eigenvalue weighted by molar-refractivity contribution is -0.140. The zero-order valence-electron chi connectivity index (χ0n) is 11.8. The zero-order valence-corrected chi connectivity index (χ0v) is 12.6. The molecule has 0 aromatic rings. The van der Waals surface area contributed by atoms with Crippen molar-refractivity contribution in [3.8, 4) is 0 Å². The molecule has 1 fully saturated rings. The highest BCUT2D eigenvalue weighted by molar-refractivity contribution is 7.94. The number of nitrogens with one attached hydrogen (secondary N) is 1. The summed E-state index contributed by atoms with van der Waals surface area (Å²) in [5, 5.41) is 3.97. The van der Waals surface area contributed by atoms with Crippen LogP contribution in [0.4, 0.5) is 0 Å². The molecule has 1 N–H and O–H groups in total. The van der Waals surface area contributed by atoms with E-state index in [0.29, 0.717) is 12.8 Å². The van der Waals surface area contributed by atoms with Gasteiger partial charge in [0.05, 0.1) is 11.8 Å². The number of hydrogen-bond acceptors (Lipinski definition) is 4. The van der Waals surface area contributed by atoms with Gasteiger partial charge < -0.3 is 10.2 Å². The first-order valence-corrected chi connectivity index (χ1v) is 8.58. The van der Waals surface area contributed by atoms with E-state index in [1.165, 1.54) is 4.90 Å². The number of carbonyl (C=O) groups is 2. The lowest BCUT2D eigenvalue weighted by Gasteiger charge is -2.35. The van der Waals surface area contributed by atoms with Crippen LogP contribution >= 0.6 is 0 Å². The van der Waals surface area contributed by atoms with Crippen LogP contribution in [0.5, 0.6) is 0 Å². The third-order valence-corrected chi connectivity index (χ3v) is 5.53. The molecule has 7 heteroatoms. The predicted octanol–water partition coefficient (Wildman–Crippen LogP) is 0.204. The molecule has 0 aromatic heterocycles. The van der Waals surface area contributed by atoms with E-state index in [2.05, 4.69) is 5.32 Å². The van der Waals surface area contributed by atoms with Crippen molar-refractivity contribution in [2.24, 2.45) is 0 Å². The third-order valence-electron chi connectivity index (χ3n) is 4.15. The Morgan fingerprint density at radius 1 is 1.35 bits per heavy atom. The van der Waals surface area contributed by atoms with E-state index < -0.39 is 21.4 Å². The maximum Gasteiger partial charge on any atom is 0.248 e. The molecule has 0 radical (unpaired) electrons. The summed E-state index contributed by atoms with van der Waals surface area (Å²) in [5.41, 5.74) is -0.909. The average Bonchev–Trinajstić information content (AvgIpc) is 2.70. The Bertz CT molecular complexity index is 549. The van der Waals surface area contributed by atoms with E-state index in [1.54, 1.807) is 6.08 Å². The van der Waals surface area contributed by atoms with E-state index in [0.717, 1.165) is 5.41 Å². The minimum Gasteiger partial charge on any atom is -0.342 e. The number of nitrogens with zero attached hydrogens (tertiary/aromatic N) is 1. The molecule has 0 saturated carbocycles. The Balaban J connectivity index is 2.32. The summed E-state index contributed by atoms with van der Waals surface area (Å²) < 4.78 is 23.1. The smallest absolute Gasteiger partial charge is 0.248 e. The van der Waals surface area contributed by atoms with Gasteiger partial charge in [0, 0.05) is 18.4 Å². The maximum atomic E-state index is 12.8. The maximum absolute atomic E-state index is 12.8. The number of rotatable bonds is 3. The summed E-state index contributed by atoms with van der Waals surface area (Å²) in [7, 11) is -3.22. The van der Waals surface area contributed by atoms with E-state index in [1.807, 2.05) is 13.8 Å². The molecule has 1 saturated heterocycles. The van der Waals surface area contributed by atoms with Crippen molar-refractivity contribution in [1.82, 2.24) is 10.2 Å². The van der Waals surface area contributed by atoms with Crippen molar-refractivity contribution >= 4 is 21.7 Å². The molecule has 1 atom stereocenters. The first-order valence-electron chi connectivity index (χ1n) is 6.86. The monoisotopic (exact) mass is 300 g/mol. The molecule has 20 heavy (non-hydrogen) atoms. The summed E-state index contributed by atoms with van der Waals surface area (Å²) in [6.07, 6.45) is 2.73. The van der Waals surface area contributed by atoms with Crippen LogP contribution in [0.25, 0.3) is 0 Å². The van der Waals surface area contributed by atoms with Gasteiger partial charge in [-0.15, -0.1) is 0 Å². The van der Waals surface area contributed by atoms with Crippen LogP contribution < -0.4 is 5.32 Å². The van der Waals surface area contributed by atoms with Gasteiger partial charge in [0.2, 0.25) is 11.8 Å². The van der Waals surface area contributed by atoms with Gasteiger partial charge in [-0.25, -0.2) is 8.42 Å². The Hall–Kier alpha value is -1.37. The Morgan fingerprint density at radius 3 is 2.50 bits per heavy atom. The summed E-state index contributed by atoms with van der Waals surface area (Å²) >= 11 is 0. The normalized spacial score (nSPS) is 28.3. The molecule has 1 unspecified atom stereocenters. The molecule has 6 nitrogen and oxygen atoms in total. The molecule has 0 spiro atoms. The first-order chi connectivity index (χ1) is 9.33. The second kappa shape index (κ2) is 5.20. The lowest BCUT2D eigenvalue weighted by Crippen LogP contribution is -2.58. The van der Waals surface area contributed by atoms with Crippen molar-refractivity contribution in [1.29, 1.82) is 0 Å². The van der Waals surface area contributed by atoms with Gasteiger partial charge in [0.25, 0.3) is 0 Å². The number of carbonyl (C=O) groups excluding carboxylic acids is 2. The van der Waals surface area contributed by atoms with Crippen LogP contribution in [0.1, 0.15) is 33.1 Å². The van der Waals surface area contributed by atoms with Gasteiger partial charge in [-0.1, -0.05) is 13.8 Å². The fourth-order valence-electron chi connectivity index (χ4n) is 2.78. The predicted molar refractivity (Wildman–Crippen MR) is 74.5 cm³/mol. The van der Waals surface area contributed by atoms with Crippen LogP contribution in [-0.4, -0.2) is 49.0 Å². The van der Waals surface area contributed by atoms with Crippen molar-refractivity contribution in [2.75, 3.05) is 12.3 Å². The summed E-state index contributed by atoms with van der Waals surface area (Å²) in [5.74, 6) is -0.425. The highest BCUT2D eigenvalue weighted by atomic mass is 32.2. The van der Waals surface area contributed by atoms with Crippen LogP contribution in [0.2, 0.25) is 0 Å². The fourth-order valence-corrected chi connectivity index (χ4v) is 4.08. The molecule has 2 aliphatic rings. The van der Waals surface area contributed by atoms with Crippen molar-refractivity contribution < 1.29 is 18.0 Å². The van der Waals surface area contributed by atoms with Crippen molar-refractivity contribution in [3.63, 3.8) is 0 Å². The quantitative estimate of drug-likeness (QED) is 0.807. The largest absolute Gasteiger partial charge is 0.342 e. The molecule has 2 rings (SSSR count). The van der Waals surface area contributed by atoms with Gasteiger partial charge >= 0.3 is 0 Å². The van der Waals surface area contributed by atoms with Gasteiger partial charge in [-0.05, 0) is 18.9 Å². The molecular weight excluding hydrogens is 280 g/mol. The Morgan fingerprint density at radius 2 is 2.00 bits per heavy atom. The highest BCUT2D eigenvalue weighted by Gasteiger charge is 2.44. The van der Waals surface area contributed by atoms with Crippen LogP contribution in [0.15, 0.2) is 11.5 Å². The molecule has 0 aliphatic carbocycles. The molecule has 2 amide bonds. The molecule has 2 heterocycles.